The van der Waals surface area contributed by atoms with E-state index in [1.165, 1.54) is 6.07 Å². The molecule has 0 aromatic heterocycles. The number of nitrogens with two attached hydrogens (primary N) is 2. The van der Waals surface area contributed by atoms with Crippen LogP contribution in [0, 0.1) is 0 Å². The van der Waals surface area contributed by atoms with Crippen molar-refractivity contribution in [2.24, 2.45) is 0 Å². The Kier molecular flexibility index (Phi) is 3.96. The van der Waals surface area contributed by atoms with E-state index in [4.69, 9.17) is 16.6 Å². The smallest absolute Gasteiger partial charge is 0.181 e. The molecule has 0 spiro atoms. The summed E-state index contributed by atoms with van der Waals surface area (Å²) < 4.78 is 24.3. The molecular formula is C14H16N2O3S. The number of aliphatic hydroxyl groups excluding tert-OH is 1. The summed E-state index contributed by atoms with van der Waals surface area (Å²) in [5.41, 5.74) is 13.5. The predicted molar refractivity (Wildman–Crippen MR) is 79.8 cm³/mol. The summed E-state index contributed by atoms with van der Waals surface area (Å²) >= 11 is 0. The Hall–Kier alpha value is -2.05. The molecule has 0 atom stereocenters. The third-order valence-corrected chi connectivity index (χ3v) is 4.73. The maximum atomic E-state index is 12.2. The van der Waals surface area contributed by atoms with Gasteiger partial charge in [0.1, 0.15) is 0 Å². The molecule has 0 bridgehead atoms. The van der Waals surface area contributed by atoms with Crippen molar-refractivity contribution in [3.05, 3.63) is 42.5 Å². The summed E-state index contributed by atoms with van der Waals surface area (Å²) in [6.07, 6.45) is 0. The van der Waals surface area contributed by atoms with Gasteiger partial charge in [-0.15, -0.1) is 0 Å². The number of hydrogen-bond donors (Lipinski definition) is 3. The second kappa shape index (κ2) is 5.52. The van der Waals surface area contributed by atoms with Crippen molar-refractivity contribution in [2.45, 2.75) is 4.90 Å². The first-order valence-electron chi connectivity index (χ1n) is 6.04. The summed E-state index contributed by atoms with van der Waals surface area (Å²) in [5, 5.41) is 8.89. The van der Waals surface area contributed by atoms with Gasteiger partial charge in [-0.05, 0) is 23.8 Å². The molecule has 6 heteroatoms. The lowest BCUT2D eigenvalue weighted by atomic mass is 10.0. The fraction of sp³-hybridized carbons (Fsp3) is 0.143. The van der Waals surface area contributed by atoms with Gasteiger partial charge in [-0.25, -0.2) is 8.42 Å². The van der Waals surface area contributed by atoms with Crippen molar-refractivity contribution < 1.29 is 13.5 Å². The lowest BCUT2D eigenvalue weighted by Crippen LogP contribution is -2.11. The van der Waals surface area contributed by atoms with Crippen molar-refractivity contribution in [2.75, 3.05) is 23.8 Å². The van der Waals surface area contributed by atoms with Crippen molar-refractivity contribution in [3.8, 4) is 11.1 Å². The Labute approximate surface area is 117 Å². The molecule has 20 heavy (non-hydrogen) atoms. The van der Waals surface area contributed by atoms with E-state index in [0.29, 0.717) is 22.5 Å². The van der Waals surface area contributed by atoms with E-state index in [1.807, 2.05) is 0 Å². The number of anilines is 2. The minimum absolute atomic E-state index is 0.179. The first kappa shape index (κ1) is 14.4. The highest BCUT2D eigenvalue weighted by molar-refractivity contribution is 7.91. The van der Waals surface area contributed by atoms with Crippen LogP contribution in [0.15, 0.2) is 47.4 Å². The van der Waals surface area contributed by atoms with Gasteiger partial charge >= 0.3 is 0 Å². The lowest BCUT2D eigenvalue weighted by Gasteiger charge is -2.11. The second-order valence-corrected chi connectivity index (χ2v) is 6.46. The van der Waals surface area contributed by atoms with Crippen LogP contribution in [-0.4, -0.2) is 25.9 Å². The number of hydrogen-bond acceptors (Lipinski definition) is 5. The molecule has 0 radical (unpaired) electrons. The maximum Gasteiger partial charge on any atom is 0.181 e. The van der Waals surface area contributed by atoms with Crippen molar-refractivity contribution in [3.63, 3.8) is 0 Å². The van der Waals surface area contributed by atoms with Crippen molar-refractivity contribution >= 4 is 21.2 Å². The predicted octanol–water partition coefficient (Wildman–Crippen LogP) is 1.28. The van der Waals surface area contributed by atoms with Gasteiger partial charge in [0.15, 0.2) is 9.84 Å². The molecule has 2 aromatic rings. The summed E-state index contributed by atoms with van der Waals surface area (Å²) in [5.74, 6) is -0.311. The zero-order valence-electron chi connectivity index (χ0n) is 10.8. The fourth-order valence-electron chi connectivity index (χ4n) is 1.95. The monoisotopic (exact) mass is 292 g/mol. The van der Waals surface area contributed by atoms with Crippen LogP contribution < -0.4 is 11.5 Å². The third-order valence-electron chi connectivity index (χ3n) is 2.98. The van der Waals surface area contributed by atoms with Crippen LogP contribution in [0.4, 0.5) is 11.4 Å². The molecule has 0 aliphatic heterocycles. The van der Waals surface area contributed by atoms with Gasteiger partial charge in [-0.1, -0.05) is 24.3 Å². The minimum Gasteiger partial charge on any atom is -0.397 e. The number of nitrogen functional groups attached to an aromatic ring is 2. The summed E-state index contributed by atoms with van der Waals surface area (Å²) in [6.45, 7) is -0.416. The largest absolute Gasteiger partial charge is 0.397 e. The Bertz CT molecular complexity index is 727. The molecule has 0 heterocycles. The first-order chi connectivity index (χ1) is 9.45. The van der Waals surface area contributed by atoms with Gasteiger partial charge in [0.2, 0.25) is 0 Å². The van der Waals surface area contributed by atoms with Crippen molar-refractivity contribution in [1.82, 2.24) is 0 Å². The van der Waals surface area contributed by atoms with Crippen LogP contribution in [0.1, 0.15) is 0 Å². The van der Waals surface area contributed by atoms with Crippen LogP contribution in [0.5, 0.6) is 0 Å². The normalized spacial score (nSPS) is 11.4. The topological polar surface area (TPSA) is 106 Å². The number of aliphatic hydroxyl groups is 1. The highest BCUT2D eigenvalue weighted by Gasteiger charge is 2.18. The number of rotatable bonds is 4. The third kappa shape index (κ3) is 2.76. The molecule has 2 aromatic carbocycles. The Balaban J connectivity index is 2.61. The van der Waals surface area contributed by atoms with Gasteiger partial charge in [0.25, 0.3) is 0 Å². The van der Waals surface area contributed by atoms with Crippen LogP contribution >= 0.6 is 0 Å². The van der Waals surface area contributed by atoms with Gasteiger partial charge in [0.05, 0.1) is 28.6 Å². The van der Waals surface area contributed by atoms with Crippen LogP contribution in [-0.2, 0) is 9.84 Å². The zero-order chi connectivity index (χ0) is 14.8. The number of benzene rings is 2. The number of sulfone groups is 1. The van der Waals surface area contributed by atoms with Gasteiger partial charge in [-0.2, -0.15) is 0 Å². The zero-order valence-corrected chi connectivity index (χ0v) is 11.6. The second-order valence-electron chi connectivity index (χ2n) is 4.38. The molecule has 5 N–H and O–H groups in total. The molecule has 0 saturated carbocycles. The van der Waals surface area contributed by atoms with E-state index in [1.54, 1.807) is 36.4 Å². The molecule has 0 fully saturated rings. The average molecular weight is 292 g/mol. The Morgan fingerprint density at radius 3 is 2.35 bits per heavy atom. The molecule has 5 nitrogen and oxygen atoms in total. The van der Waals surface area contributed by atoms with E-state index in [2.05, 4.69) is 0 Å². The molecule has 0 aliphatic rings. The standard InChI is InChI=1S/C14H16N2O3S/c15-12-6-5-10(9-13(12)16)11-3-1-2-4-14(11)20(18,19)8-7-17/h1-6,9,17H,7-8,15-16H2. The molecule has 0 amide bonds. The first-order valence-corrected chi connectivity index (χ1v) is 7.69. The van der Waals surface area contributed by atoms with Gasteiger partial charge in [0, 0.05) is 5.56 Å². The molecule has 0 unspecified atom stereocenters. The highest BCUT2D eigenvalue weighted by atomic mass is 32.2. The fourth-order valence-corrected chi connectivity index (χ4v) is 3.22. The molecular weight excluding hydrogens is 276 g/mol. The summed E-state index contributed by atoms with van der Waals surface area (Å²) in [4.78, 5) is 0.179. The molecule has 106 valence electrons. The van der Waals surface area contributed by atoms with Crippen LogP contribution in [0.25, 0.3) is 11.1 Å². The van der Waals surface area contributed by atoms with Gasteiger partial charge < -0.3 is 16.6 Å². The van der Waals surface area contributed by atoms with Crippen LogP contribution in [0.2, 0.25) is 0 Å². The van der Waals surface area contributed by atoms with Crippen molar-refractivity contribution in [1.29, 1.82) is 0 Å². The summed E-state index contributed by atoms with van der Waals surface area (Å²) in [7, 11) is -3.53. The van der Waals surface area contributed by atoms with Crippen LogP contribution in [0.3, 0.4) is 0 Å². The SMILES string of the molecule is Nc1ccc(-c2ccccc2S(=O)(=O)CCO)cc1N. The molecule has 2 rings (SSSR count). The lowest BCUT2D eigenvalue weighted by molar-refractivity contribution is 0.319. The van der Waals surface area contributed by atoms with Gasteiger partial charge in [-0.3, -0.25) is 0 Å². The quantitative estimate of drug-likeness (QED) is 0.736. The maximum absolute atomic E-state index is 12.2. The Morgan fingerprint density at radius 1 is 1.00 bits per heavy atom. The van der Waals surface area contributed by atoms with E-state index in [9.17, 15) is 8.42 Å². The minimum atomic E-state index is -3.53. The van der Waals surface area contributed by atoms with E-state index < -0.39 is 16.4 Å². The average Bonchev–Trinajstić information content (AvgIpc) is 2.42. The summed E-state index contributed by atoms with van der Waals surface area (Å²) in [6, 6.07) is 11.6. The van der Waals surface area contributed by atoms with E-state index in [0.717, 1.165) is 0 Å². The van der Waals surface area contributed by atoms with E-state index >= 15 is 0 Å². The molecule has 0 aliphatic carbocycles. The highest BCUT2D eigenvalue weighted by Crippen LogP contribution is 2.30. The van der Waals surface area contributed by atoms with E-state index in [-0.39, 0.29) is 10.6 Å². The molecule has 0 saturated heterocycles. The Morgan fingerprint density at radius 2 is 1.70 bits per heavy atom.